The van der Waals surface area contributed by atoms with Gasteiger partial charge >= 0.3 is 0 Å². The normalized spacial score (nSPS) is 19.2. The van der Waals surface area contributed by atoms with Crippen LogP contribution in [-0.2, 0) is 17.1 Å². The van der Waals surface area contributed by atoms with Gasteiger partial charge in [0.2, 0.25) is 10.0 Å². The van der Waals surface area contributed by atoms with Crippen molar-refractivity contribution in [3.63, 3.8) is 0 Å². The van der Waals surface area contributed by atoms with Gasteiger partial charge < -0.3 is 18.9 Å². The molecule has 2 aliphatic heterocycles. The van der Waals surface area contributed by atoms with Gasteiger partial charge in [-0.05, 0) is 31.3 Å². The molecule has 0 spiro atoms. The van der Waals surface area contributed by atoms with Gasteiger partial charge in [0.05, 0.1) is 10.9 Å². The fourth-order valence-corrected chi connectivity index (χ4v) is 4.89. The van der Waals surface area contributed by atoms with Gasteiger partial charge in [-0.2, -0.15) is 0 Å². The number of fused-ring (bicyclic) bond motifs is 1. The van der Waals surface area contributed by atoms with Gasteiger partial charge in [0.1, 0.15) is 13.2 Å². The van der Waals surface area contributed by atoms with Crippen LogP contribution in [0.4, 0.5) is 0 Å². The van der Waals surface area contributed by atoms with Gasteiger partial charge in [-0.25, -0.2) is 13.1 Å². The number of hydrogen-bond donors (Lipinski definition) is 1. The number of sulfonamides is 1. The highest BCUT2D eigenvalue weighted by Gasteiger charge is 2.28. The second-order valence-electron chi connectivity index (χ2n) is 7.56. The van der Waals surface area contributed by atoms with Gasteiger partial charge in [0.15, 0.2) is 11.5 Å². The Hall–Kier alpha value is -2.07. The van der Waals surface area contributed by atoms with Crippen LogP contribution >= 0.6 is 0 Å². The number of nitrogens with zero attached hydrogens (tertiary/aromatic N) is 3. The molecular weight excluding hydrogens is 392 g/mol. The molecule has 0 saturated carbocycles. The van der Waals surface area contributed by atoms with Crippen molar-refractivity contribution in [2.45, 2.75) is 10.9 Å². The van der Waals surface area contributed by atoms with Crippen LogP contribution in [0.1, 0.15) is 11.7 Å². The van der Waals surface area contributed by atoms with Crippen LogP contribution in [0.2, 0.25) is 0 Å². The maximum absolute atomic E-state index is 13.0. The van der Waals surface area contributed by atoms with Gasteiger partial charge in [-0.15, -0.1) is 0 Å². The minimum atomic E-state index is -3.67. The van der Waals surface area contributed by atoms with Gasteiger partial charge in [-0.3, -0.25) is 4.90 Å². The molecule has 1 unspecified atom stereocenters. The zero-order chi connectivity index (χ0) is 20.4. The van der Waals surface area contributed by atoms with Crippen LogP contribution in [0.3, 0.4) is 0 Å². The lowest BCUT2D eigenvalue weighted by atomic mass is 10.1. The highest BCUT2D eigenvalue weighted by atomic mass is 32.2. The van der Waals surface area contributed by atoms with E-state index >= 15 is 0 Å². The Morgan fingerprint density at radius 2 is 1.76 bits per heavy atom. The maximum atomic E-state index is 13.0. The number of nitrogens with one attached hydrogen (secondary N) is 1. The first-order valence-corrected chi connectivity index (χ1v) is 11.4. The standard InChI is InChI=1S/C20H28N4O4S/c1-22-8-10-24(11-9-22)18(17-4-3-7-23(17)2)15-21-29(25,26)16-5-6-19-20(14-16)28-13-12-27-19/h3-7,14,18,21H,8-13,15H2,1-2H3. The molecule has 1 atom stereocenters. The zero-order valence-electron chi connectivity index (χ0n) is 16.9. The van der Waals surface area contributed by atoms with Crippen molar-refractivity contribution in [1.29, 1.82) is 0 Å². The summed E-state index contributed by atoms with van der Waals surface area (Å²) in [6.07, 6.45) is 1.99. The Balaban J connectivity index is 1.52. The van der Waals surface area contributed by atoms with E-state index in [-0.39, 0.29) is 10.9 Å². The third-order valence-electron chi connectivity index (χ3n) is 5.59. The van der Waals surface area contributed by atoms with E-state index in [0.29, 0.717) is 31.3 Å². The van der Waals surface area contributed by atoms with Crippen molar-refractivity contribution in [2.24, 2.45) is 7.05 Å². The first-order valence-electron chi connectivity index (χ1n) is 9.87. The average molecular weight is 421 g/mol. The Bertz CT molecular complexity index is 951. The Kier molecular flexibility index (Phi) is 5.82. The summed E-state index contributed by atoms with van der Waals surface area (Å²) in [5.41, 5.74) is 1.10. The molecule has 1 saturated heterocycles. The number of ether oxygens (including phenoxy) is 2. The lowest BCUT2D eigenvalue weighted by Crippen LogP contribution is -2.48. The summed E-state index contributed by atoms with van der Waals surface area (Å²) < 4.78 is 41.8. The molecule has 29 heavy (non-hydrogen) atoms. The number of piperazine rings is 1. The lowest BCUT2D eigenvalue weighted by Gasteiger charge is -2.38. The summed E-state index contributed by atoms with van der Waals surface area (Å²) in [5.74, 6) is 1.05. The van der Waals surface area contributed by atoms with Crippen molar-refractivity contribution in [3.05, 3.63) is 42.2 Å². The number of benzene rings is 1. The van der Waals surface area contributed by atoms with E-state index in [1.165, 1.54) is 6.07 Å². The van der Waals surface area contributed by atoms with Gasteiger partial charge in [0, 0.05) is 57.7 Å². The Morgan fingerprint density at radius 3 is 2.45 bits per heavy atom. The number of aryl methyl sites for hydroxylation is 1. The van der Waals surface area contributed by atoms with Crippen molar-refractivity contribution >= 4 is 10.0 Å². The molecular formula is C20H28N4O4S. The zero-order valence-corrected chi connectivity index (χ0v) is 17.7. The fourth-order valence-electron chi connectivity index (χ4n) is 3.84. The topological polar surface area (TPSA) is 76.0 Å². The smallest absolute Gasteiger partial charge is 0.240 e. The van der Waals surface area contributed by atoms with E-state index in [4.69, 9.17) is 9.47 Å². The number of aromatic nitrogens is 1. The molecule has 0 bridgehead atoms. The molecule has 0 aliphatic carbocycles. The molecule has 158 valence electrons. The highest BCUT2D eigenvalue weighted by molar-refractivity contribution is 7.89. The van der Waals surface area contributed by atoms with Gasteiger partial charge in [0.25, 0.3) is 0 Å². The summed E-state index contributed by atoms with van der Waals surface area (Å²) in [7, 11) is 0.430. The average Bonchev–Trinajstić information content (AvgIpc) is 3.14. The predicted molar refractivity (Wildman–Crippen MR) is 110 cm³/mol. The summed E-state index contributed by atoms with van der Waals surface area (Å²) >= 11 is 0. The van der Waals surface area contributed by atoms with E-state index in [9.17, 15) is 8.42 Å². The van der Waals surface area contributed by atoms with E-state index in [1.807, 2.05) is 19.3 Å². The monoisotopic (exact) mass is 420 g/mol. The summed E-state index contributed by atoms with van der Waals surface area (Å²) in [5, 5.41) is 0. The molecule has 1 aromatic carbocycles. The Morgan fingerprint density at radius 1 is 1.03 bits per heavy atom. The Labute approximate surface area is 172 Å². The van der Waals surface area contributed by atoms with Crippen LogP contribution in [-0.4, -0.2) is 75.8 Å². The second kappa shape index (κ2) is 8.35. The molecule has 1 fully saturated rings. The van der Waals surface area contributed by atoms with Crippen molar-refractivity contribution in [3.8, 4) is 11.5 Å². The summed E-state index contributed by atoms with van der Waals surface area (Å²) in [6, 6.07) is 8.76. The van der Waals surface area contributed by atoms with E-state index in [1.54, 1.807) is 12.1 Å². The van der Waals surface area contributed by atoms with E-state index in [2.05, 4.69) is 32.2 Å². The summed E-state index contributed by atoms with van der Waals surface area (Å²) in [6.45, 7) is 4.93. The van der Waals surface area contributed by atoms with Crippen molar-refractivity contribution in [2.75, 3.05) is 53.0 Å². The molecule has 1 aromatic heterocycles. The largest absolute Gasteiger partial charge is 0.486 e. The highest BCUT2D eigenvalue weighted by Crippen LogP contribution is 2.32. The molecule has 3 heterocycles. The van der Waals surface area contributed by atoms with E-state index < -0.39 is 10.0 Å². The molecule has 9 heteroatoms. The molecule has 4 rings (SSSR count). The first kappa shape index (κ1) is 20.2. The second-order valence-corrected chi connectivity index (χ2v) is 9.32. The third-order valence-corrected chi connectivity index (χ3v) is 7.02. The van der Waals surface area contributed by atoms with Gasteiger partial charge in [-0.1, -0.05) is 0 Å². The van der Waals surface area contributed by atoms with Crippen LogP contribution in [0.5, 0.6) is 11.5 Å². The quantitative estimate of drug-likeness (QED) is 0.753. The first-order chi connectivity index (χ1) is 13.9. The van der Waals surface area contributed by atoms with Crippen molar-refractivity contribution < 1.29 is 17.9 Å². The molecule has 1 N–H and O–H groups in total. The minimum Gasteiger partial charge on any atom is -0.486 e. The van der Waals surface area contributed by atoms with E-state index in [0.717, 1.165) is 31.9 Å². The molecule has 0 amide bonds. The molecule has 2 aromatic rings. The van der Waals surface area contributed by atoms with Crippen molar-refractivity contribution in [1.82, 2.24) is 19.1 Å². The predicted octanol–water partition coefficient (Wildman–Crippen LogP) is 1.06. The summed E-state index contributed by atoms with van der Waals surface area (Å²) in [4.78, 5) is 4.82. The van der Waals surface area contributed by atoms with Crippen LogP contribution < -0.4 is 14.2 Å². The third kappa shape index (κ3) is 4.42. The van der Waals surface area contributed by atoms with Crippen LogP contribution in [0, 0.1) is 0 Å². The number of likely N-dealkylation sites (N-methyl/N-ethyl adjacent to an activating group) is 1. The molecule has 2 aliphatic rings. The lowest BCUT2D eigenvalue weighted by molar-refractivity contribution is 0.109. The van der Waals surface area contributed by atoms with Crippen LogP contribution in [0.15, 0.2) is 41.4 Å². The SMILES string of the molecule is CN1CCN(C(CNS(=O)(=O)c2ccc3c(c2)OCCO3)c2cccn2C)CC1. The maximum Gasteiger partial charge on any atom is 0.240 e. The molecule has 0 radical (unpaired) electrons. The number of rotatable bonds is 6. The minimum absolute atomic E-state index is 0.0318. The molecule has 8 nitrogen and oxygen atoms in total. The fraction of sp³-hybridized carbons (Fsp3) is 0.500. The number of hydrogen-bond acceptors (Lipinski definition) is 6. The van der Waals surface area contributed by atoms with Crippen LogP contribution in [0.25, 0.3) is 0 Å².